The Balaban J connectivity index is 3.46. The Labute approximate surface area is 249 Å². The van der Waals surface area contributed by atoms with E-state index in [2.05, 4.69) is 38.2 Å². The third-order valence-corrected chi connectivity index (χ3v) is 7.50. The normalized spacial score (nSPS) is 12.6. The number of ether oxygens (including phenoxy) is 2. The van der Waals surface area contributed by atoms with Crippen LogP contribution >= 0.6 is 0 Å². The average molecular weight is 565 g/mol. The van der Waals surface area contributed by atoms with Crippen molar-refractivity contribution in [1.29, 1.82) is 0 Å². The van der Waals surface area contributed by atoms with Gasteiger partial charge in [0.25, 0.3) is 0 Å². The lowest BCUT2D eigenvalue weighted by molar-refractivity contribution is -0.154. The van der Waals surface area contributed by atoms with E-state index in [0.717, 1.165) is 19.3 Å². The number of hydrogen-bond donors (Lipinski definition) is 1. The van der Waals surface area contributed by atoms with Crippen LogP contribution in [-0.4, -0.2) is 37.0 Å². The summed E-state index contributed by atoms with van der Waals surface area (Å²) in [5, 5.41) is 9.53. The first-order chi connectivity index (χ1) is 19.7. The van der Waals surface area contributed by atoms with Gasteiger partial charge in [-0.1, -0.05) is 128 Å². The van der Waals surface area contributed by atoms with Gasteiger partial charge in [-0.2, -0.15) is 0 Å². The molecular formula is C36H68O4. The molecule has 0 rings (SSSR count). The Bertz CT molecular complexity index is 557. The highest BCUT2D eigenvalue weighted by Gasteiger charge is 2.13. The van der Waals surface area contributed by atoms with Gasteiger partial charge in [0.15, 0.2) is 0 Å². The number of rotatable bonds is 32. The first-order valence-corrected chi connectivity index (χ1v) is 17.4. The molecule has 0 aromatic rings. The molecule has 1 unspecified atom stereocenters. The van der Waals surface area contributed by atoms with Crippen LogP contribution in [0.3, 0.4) is 0 Å². The zero-order valence-electron chi connectivity index (χ0n) is 26.9. The number of aliphatic hydroxyl groups excluding tert-OH is 1. The van der Waals surface area contributed by atoms with Gasteiger partial charge in [-0.15, -0.1) is 0 Å². The van der Waals surface area contributed by atoms with Crippen LogP contribution in [0.15, 0.2) is 24.3 Å². The van der Waals surface area contributed by atoms with E-state index < -0.39 is 6.10 Å². The molecule has 4 heteroatoms. The van der Waals surface area contributed by atoms with Gasteiger partial charge >= 0.3 is 5.97 Å². The van der Waals surface area contributed by atoms with E-state index >= 15 is 0 Å². The van der Waals surface area contributed by atoms with Crippen LogP contribution in [0.25, 0.3) is 0 Å². The van der Waals surface area contributed by atoms with Crippen molar-refractivity contribution < 1.29 is 19.4 Å². The molecule has 0 aliphatic rings. The highest BCUT2D eigenvalue weighted by Crippen LogP contribution is 2.11. The van der Waals surface area contributed by atoms with Crippen LogP contribution in [0.4, 0.5) is 0 Å². The molecule has 40 heavy (non-hydrogen) atoms. The highest BCUT2D eigenvalue weighted by molar-refractivity contribution is 5.69. The summed E-state index contributed by atoms with van der Waals surface area (Å²) in [4.78, 5) is 12.1. The lowest BCUT2D eigenvalue weighted by atomic mass is 10.1. The summed E-state index contributed by atoms with van der Waals surface area (Å²) in [5.41, 5.74) is 0. The van der Waals surface area contributed by atoms with E-state index in [1.54, 1.807) is 0 Å². The molecule has 0 aliphatic heterocycles. The average Bonchev–Trinajstić information content (AvgIpc) is 2.96. The molecule has 4 nitrogen and oxygen atoms in total. The summed E-state index contributed by atoms with van der Waals surface area (Å²) < 4.78 is 11.1. The van der Waals surface area contributed by atoms with Crippen LogP contribution in [0, 0.1) is 0 Å². The summed E-state index contributed by atoms with van der Waals surface area (Å²) in [6.45, 7) is 5.30. The maximum absolute atomic E-state index is 12.1. The summed E-state index contributed by atoms with van der Waals surface area (Å²) in [6, 6.07) is 0. The van der Waals surface area contributed by atoms with Crippen LogP contribution in [0.2, 0.25) is 0 Å². The number of unbranched alkanes of at least 4 members (excludes halogenated alkanes) is 20. The largest absolute Gasteiger partial charge is 0.457 e. The van der Waals surface area contributed by atoms with Crippen molar-refractivity contribution >= 4 is 5.97 Å². The van der Waals surface area contributed by atoms with Crippen molar-refractivity contribution in [3.8, 4) is 0 Å². The predicted molar refractivity (Wildman–Crippen MR) is 173 cm³/mol. The maximum Gasteiger partial charge on any atom is 0.306 e. The molecule has 0 fully saturated rings. The molecule has 0 radical (unpaired) electrons. The van der Waals surface area contributed by atoms with E-state index in [0.29, 0.717) is 19.6 Å². The zero-order valence-corrected chi connectivity index (χ0v) is 26.9. The Morgan fingerprint density at radius 2 is 0.975 bits per heavy atom. The molecule has 0 aliphatic carbocycles. The molecular weight excluding hydrogens is 496 g/mol. The van der Waals surface area contributed by atoms with Gasteiger partial charge in [0.2, 0.25) is 0 Å². The van der Waals surface area contributed by atoms with Gasteiger partial charge in [-0.05, 0) is 64.2 Å². The summed E-state index contributed by atoms with van der Waals surface area (Å²) in [5.74, 6) is -0.212. The third-order valence-electron chi connectivity index (χ3n) is 7.50. The lowest BCUT2D eigenvalue weighted by Crippen LogP contribution is -2.27. The van der Waals surface area contributed by atoms with Gasteiger partial charge in [0, 0.05) is 13.0 Å². The first kappa shape index (κ1) is 38.9. The summed E-state index contributed by atoms with van der Waals surface area (Å²) >= 11 is 0. The fraction of sp³-hybridized carbons (Fsp3) is 0.861. The number of esters is 1. The van der Waals surface area contributed by atoms with Crippen molar-refractivity contribution in [2.75, 3.05) is 19.8 Å². The number of aliphatic hydroxyl groups is 1. The van der Waals surface area contributed by atoms with Gasteiger partial charge in [0.1, 0.15) is 6.10 Å². The zero-order chi connectivity index (χ0) is 29.2. The lowest BCUT2D eigenvalue weighted by Gasteiger charge is -2.15. The Kier molecular flexibility index (Phi) is 33.1. The minimum atomic E-state index is -0.536. The fourth-order valence-electron chi connectivity index (χ4n) is 4.84. The Morgan fingerprint density at radius 3 is 1.45 bits per heavy atom. The van der Waals surface area contributed by atoms with Crippen molar-refractivity contribution in [3.63, 3.8) is 0 Å². The molecule has 0 heterocycles. The quantitative estimate of drug-likeness (QED) is 0.0501. The van der Waals surface area contributed by atoms with E-state index in [9.17, 15) is 9.90 Å². The smallest absolute Gasteiger partial charge is 0.306 e. The minimum absolute atomic E-state index is 0.175. The molecule has 0 aromatic carbocycles. The SMILES string of the molecule is CCCCCC/C=C\CCCCCCCCOCC(CO)OC(=O)CCCCCCC/C=C\CCCCCCC. The number of carbonyl (C=O) groups excluding carboxylic acids is 1. The fourth-order valence-corrected chi connectivity index (χ4v) is 4.84. The Morgan fingerprint density at radius 1 is 0.575 bits per heavy atom. The van der Waals surface area contributed by atoms with Crippen molar-refractivity contribution in [2.45, 2.75) is 180 Å². The van der Waals surface area contributed by atoms with Crippen LogP contribution in [-0.2, 0) is 14.3 Å². The second kappa shape index (κ2) is 34.1. The van der Waals surface area contributed by atoms with Gasteiger partial charge < -0.3 is 14.6 Å². The molecule has 236 valence electrons. The van der Waals surface area contributed by atoms with Gasteiger partial charge in [-0.3, -0.25) is 4.79 Å². The summed E-state index contributed by atoms with van der Waals surface area (Å²) in [6.07, 6.45) is 39.2. The molecule has 1 N–H and O–H groups in total. The van der Waals surface area contributed by atoms with Crippen LogP contribution in [0.1, 0.15) is 174 Å². The summed E-state index contributed by atoms with van der Waals surface area (Å²) in [7, 11) is 0. The Hall–Kier alpha value is -1.13. The minimum Gasteiger partial charge on any atom is -0.457 e. The topological polar surface area (TPSA) is 55.8 Å². The van der Waals surface area contributed by atoms with Crippen molar-refractivity contribution in [1.82, 2.24) is 0 Å². The number of allylic oxidation sites excluding steroid dienone is 4. The molecule has 0 saturated carbocycles. The molecule has 0 spiro atoms. The van der Waals surface area contributed by atoms with E-state index in [-0.39, 0.29) is 12.6 Å². The number of carbonyl (C=O) groups is 1. The predicted octanol–water partition coefficient (Wildman–Crippen LogP) is 10.8. The van der Waals surface area contributed by atoms with E-state index in [1.807, 2.05) is 0 Å². The molecule has 0 amide bonds. The van der Waals surface area contributed by atoms with Crippen LogP contribution in [0.5, 0.6) is 0 Å². The molecule has 1 atom stereocenters. The second-order valence-electron chi connectivity index (χ2n) is 11.6. The highest BCUT2D eigenvalue weighted by atomic mass is 16.6. The standard InChI is InChI=1S/C36H68O4/c1-3-5-7-9-11-13-15-17-19-21-23-25-27-29-31-36(38)40-35(33-37)34-39-32-30-28-26-24-22-20-18-16-14-12-10-8-6-4-2/h14-17,35,37H,3-13,18-34H2,1-2H3/b16-14-,17-15-. The second-order valence-corrected chi connectivity index (χ2v) is 11.6. The first-order valence-electron chi connectivity index (χ1n) is 17.4. The molecule has 0 saturated heterocycles. The van der Waals surface area contributed by atoms with Crippen molar-refractivity contribution in [2.24, 2.45) is 0 Å². The monoisotopic (exact) mass is 565 g/mol. The molecule has 0 bridgehead atoms. The van der Waals surface area contributed by atoms with Crippen LogP contribution < -0.4 is 0 Å². The van der Waals surface area contributed by atoms with E-state index in [4.69, 9.17) is 9.47 Å². The maximum atomic E-state index is 12.1. The third kappa shape index (κ3) is 31.4. The molecule has 0 aromatic heterocycles. The van der Waals surface area contributed by atoms with Gasteiger partial charge in [0.05, 0.1) is 13.2 Å². The number of hydrogen-bond acceptors (Lipinski definition) is 4. The van der Waals surface area contributed by atoms with E-state index in [1.165, 1.54) is 135 Å². The van der Waals surface area contributed by atoms with Crippen molar-refractivity contribution in [3.05, 3.63) is 24.3 Å². The van der Waals surface area contributed by atoms with Gasteiger partial charge in [-0.25, -0.2) is 0 Å².